The second kappa shape index (κ2) is 7.61. The van der Waals surface area contributed by atoms with Crippen LogP contribution in [-0.4, -0.2) is 40.0 Å². The van der Waals surface area contributed by atoms with Gasteiger partial charge in [-0.3, -0.25) is 0 Å². The molecule has 6 heteroatoms. The van der Waals surface area contributed by atoms with Crippen LogP contribution in [0.25, 0.3) is 0 Å². The van der Waals surface area contributed by atoms with Crippen molar-refractivity contribution in [3.8, 4) is 5.75 Å². The van der Waals surface area contributed by atoms with Crippen molar-refractivity contribution in [2.45, 2.75) is 31.7 Å². The van der Waals surface area contributed by atoms with Gasteiger partial charge in [-0.05, 0) is 30.7 Å². The Kier molecular flexibility index (Phi) is 6.45. The van der Waals surface area contributed by atoms with Gasteiger partial charge in [0.1, 0.15) is 10.6 Å². The summed E-state index contributed by atoms with van der Waals surface area (Å²) in [5.41, 5.74) is 1.01. The van der Waals surface area contributed by atoms with Crippen LogP contribution in [0.15, 0.2) is 23.1 Å². The summed E-state index contributed by atoms with van der Waals surface area (Å²) in [5, 5.41) is 3.28. The summed E-state index contributed by atoms with van der Waals surface area (Å²) in [4.78, 5) is 0.212. The van der Waals surface area contributed by atoms with Crippen LogP contribution in [0.5, 0.6) is 5.75 Å². The molecule has 0 heterocycles. The number of rotatable bonds is 8. The van der Waals surface area contributed by atoms with E-state index in [1.165, 1.54) is 11.4 Å². The van der Waals surface area contributed by atoms with Gasteiger partial charge in [0.25, 0.3) is 0 Å². The summed E-state index contributed by atoms with van der Waals surface area (Å²) in [6, 6.07) is 5.21. The highest BCUT2D eigenvalue weighted by atomic mass is 32.2. The standard InChI is InChI=1S/C14H24N2O3S/c1-5-9-15-11-12-7-8-14(13(10-12)19-4)20(17,18)16(3)6-2/h7-8,10,15H,5-6,9,11H2,1-4H3. The Labute approximate surface area is 122 Å². The first-order chi connectivity index (χ1) is 9.47. The third kappa shape index (κ3) is 3.94. The normalized spacial score (nSPS) is 11.8. The SMILES string of the molecule is CCCNCc1ccc(S(=O)(=O)N(C)CC)c(OC)c1. The van der Waals surface area contributed by atoms with Crippen LogP contribution in [0.4, 0.5) is 0 Å². The molecule has 0 fully saturated rings. The van der Waals surface area contributed by atoms with Gasteiger partial charge in [0, 0.05) is 20.1 Å². The van der Waals surface area contributed by atoms with Gasteiger partial charge < -0.3 is 10.1 Å². The second-order valence-electron chi connectivity index (χ2n) is 4.58. The molecule has 0 aromatic heterocycles. The zero-order valence-corrected chi connectivity index (χ0v) is 13.5. The van der Waals surface area contributed by atoms with E-state index >= 15 is 0 Å². The van der Waals surface area contributed by atoms with Crippen LogP contribution >= 0.6 is 0 Å². The summed E-state index contributed by atoms with van der Waals surface area (Å²) < 4.78 is 31.2. The van der Waals surface area contributed by atoms with Crippen molar-refractivity contribution >= 4 is 10.0 Å². The lowest BCUT2D eigenvalue weighted by Gasteiger charge is -2.17. The number of sulfonamides is 1. The van der Waals surface area contributed by atoms with Gasteiger partial charge in [-0.2, -0.15) is 0 Å². The Morgan fingerprint density at radius 2 is 2.00 bits per heavy atom. The smallest absolute Gasteiger partial charge is 0.246 e. The number of methoxy groups -OCH3 is 1. The molecule has 0 saturated heterocycles. The number of nitrogens with zero attached hydrogens (tertiary/aromatic N) is 1. The molecule has 0 aliphatic carbocycles. The average Bonchev–Trinajstić information content (AvgIpc) is 2.46. The third-order valence-corrected chi connectivity index (χ3v) is 5.09. The molecule has 0 radical (unpaired) electrons. The largest absolute Gasteiger partial charge is 0.495 e. The molecule has 0 aliphatic heterocycles. The fourth-order valence-corrected chi connectivity index (χ4v) is 3.09. The molecule has 1 aromatic rings. The zero-order valence-electron chi connectivity index (χ0n) is 12.6. The predicted molar refractivity (Wildman–Crippen MR) is 80.5 cm³/mol. The van der Waals surface area contributed by atoms with Crippen molar-refractivity contribution in [2.75, 3.05) is 27.2 Å². The number of nitrogens with one attached hydrogen (secondary N) is 1. The van der Waals surface area contributed by atoms with E-state index < -0.39 is 10.0 Å². The summed E-state index contributed by atoms with van der Waals surface area (Å²) in [7, 11) is -0.435. The zero-order chi connectivity index (χ0) is 15.2. The van der Waals surface area contributed by atoms with Gasteiger partial charge in [0.05, 0.1) is 7.11 Å². The first-order valence-electron chi connectivity index (χ1n) is 6.81. The molecule has 0 unspecified atom stereocenters. The van der Waals surface area contributed by atoms with E-state index in [1.54, 1.807) is 26.1 Å². The lowest BCUT2D eigenvalue weighted by atomic mass is 10.2. The van der Waals surface area contributed by atoms with Gasteiger partial charge in [-0.25, -0.2) is 12.7 Å². The minimum Gasteiger partial charge on any atom is -0.495 e. The number of hydrogen-bond acceptors (Lipinski definition) is 4. The van der Waals surface area contributed by atoms with Gasteiger partial charge in [-0.1, -0.05) is 19.9 Å². The van der Waals surface area contributed by atoms with Crippen molar-refractivity contribution in [3.05, 3.63) is 23.8 Å². The van der Waals surface area contributed by atoms with Gasteiger partial charge in [-0.15, -0.1) is 0 Å². The number of benzene rings is 1. The van der Waals surface area contributed by atoms with Crippen molar-refractivity contribution in [1.82, 2.24) is 9.62 Å². The summed E-state index contributed by atoms with van der Waals surface area (Å²) >= 11 is 0. The number of ether oxygens (including phenoxy) is 1. The highest BCUT2D eigenvalue weighted by molar-refractivity contribution is 7.89. The fraction of sp³-hybridized carbons (Fsp3) is 0.571. The van der Waals surface area contributed by atoms with Gasteiger partial charge >= 0.3 is 0 Å². The molecule has 5 nitrogen and oxygen atoms in total. The average molecular weight is 300 g/mol. The Morgan fingerprint density at radius 3 is 2.55 bits per heavy atom. The van der Waals surface area contributed by atoms with E-state index in [4.69, 9.17) is 4.74 Å². The second-order valence-corrected chi connectivity index (χ2v) is 6.59. The molecular formula is C14H24N2O3S. The van der Waals surface area contributed by atoms with Crippen molar-refractivity contribution in [1.29, 1.82) is 0 Å². The summed E-state index contributed by atoms with van der Waals surface area (Å²) in [6.07, 6.45) is 1.06. The van der Waals surface area contributed by atoms with Crippen LogP contribution in [0.3, 0.4) is 0 Å². The van der Waals surface area contributed by atoms with E-state index in [0.717, 1.165) is 18.5 Å². The molecule has 0 spiro atoms. The molecule has 1 aromatic carbocycles. The predicted octanol–water partition coefficient (Wildman–Crippen LogP) is 1.84. The van der Waals surface area contributed by atoms with Crippen LogP contribution in [-0.2, 0) is 16.6 Å². The maximum absolute atomic E-state index is 12.3. The summed E-state index contributed by atoms with van der Waals surface area (Å²) in [5.74, 6) is 0.390. The fourth-order valence-electron chi connectivity index (χ4n) is 1.78. The molecule has 1 rings (SSSR count). The molecule has 0 bridgehead atoms. The lowest BCUT2D eigenvalue weighted by molar-refractivity contribution is 0.398. The van der Waals surface area contributed by atoms with E-state index in [-0.39, 0.29) is 4.90 Å². The van der Waals surface area contributed by atoms with E-state index in [1.807, 2.05) is 6.07 Å². The van der Waals surface area contributed by atoms with Crippen LogP contribution < -0.4 is 10.1 Å². The van der Waals surface area contributed by atoms with Gasteiger partial charge in [0.15, 0.2) is 0 Å². The molecule has 20 heavy (non-hydrogen) atoms. The van der Waals surface area contributed by atoms with Crippen molar-refractivity contribution in [3.63, 3.8) is 0 Å². The summed E-state index contributed by atoms with van der Waals surface area (Å²) in [6.45, 7) is 5.96. The molecule has 0 atom stereocenters. The monoisotopic (exact) mass is 300 g/mol. The highest BCUT2D eigenvalue weighted by Crippen LogP contribution is 2.27. The first kappa shape index (κ1) is 16.9. The first-order valence-corrected chi connectivity index (χ1v) is 8.25. The molecule has 0 saturated carbocycles. The maximum Gasteiger partial charge on any atom is 0.246 e. The van der Waals surface area contributed by atoms with E-state index in [2.05, 4.69) is 12.2 Å². The molecule has 0 aliphatic rings. The van der Waals surface area contributed by atoms with Crippen molar-refractivity contribution < 1.29 is 13.2 Å². The Morgan fingerprint density at radius 1 is 1.30 bits per heavy atom. The minimum absolute atomic E-state index is 0.212. The number of hydrogen-bond donors (Lipinski definition) is 1. The topological polar surface area (TPSA) is 58.6 Å². The van der Waals surface area contributed by atoms with Crippen LogP contribution in [0.2, 0.25) is 0 Å². The Balaban J connectivity index is 3.05. The minimum atomic E-state index is -3.49. The molecule has 0 amide bonds. The maximum atomic E-state index is 12.3. The molecule has 1 N–H and O–H groups in total. The van der Waals surface area contributed by atoms with Crippen LogP contribution in [0.1, 0.15) is 25.8 Å². The van der Waals surface area contributed by atoms with Crippen molar-refractivity contribution in [2.24, 2.45) is 0 Å². The molecule has 114 valence electrons. The van der Waals surface area contributed by atoms with E-state index in [9.17, 15) is 8.42 Å². The Hall–Kier alpha value is -1.11. The lowest BCUT2D eigenvalue weighted by Crippen LogP contribution is -2.27. The van der Waals surface area contributed by atoms with E-state index in [0.29, 0.717) is 18.8 Å². The highest BCUT2D eigenvalue weighted by Gasteiger charge is 2.23. The van der Waals surface area contributed by atoms with Crippen LogP contribution in [0, 0.1) is 0 Å². The quantitative estimate of drug-likeness (QED) is 0.744. The van der Waals surface area contributed by atoms with Gasteiger partial charge in [0.2, 0.25) is 10.0 Å². The third-order valence-electron chi connectivity index (χ3n) is 3.12. The Bertz CT molecular complexity index is 529. The molecular weight excluding hydrogens is 276 g/mol.